The van der Waals surface area contributed by atoms with Crippen molar-refractivity contribution in [2.45, 2.75) is 4.90 Å². The van der Waals surface area contributed by atoms with Crippen LogP contribution in [-0.4, -0.2) is 23.9 Å². The van der Waals surface area contributed by atoms with Crippen molar-refractivity contribution in [3.8, 4) is 0 Å². The van der Waals surface area contributed by atoms with Crippen LogP contribution in [0.15, 0.2) is 83.1 Å². The lowest BCUT2D eigenvalue weighted by molar-refractivity contribution is 0.554. The molecule has 0 aliphatic carbocycles. The van der Waals surface area contributed by atoms with Crippen LogP contribution in [0.1, 0.15) is 0 Å². The van der Waals surface area contributed by atoms with Crippen molar-refractivity contribution in [2.75, 3.05) is 0 Å². The molecule has 0 unspecified atom stereocenters. The van der Waals surface area contributed by atoms with E-state index in [-0.39, 0.29) is 29.7 Å². The summed E-state index contributed by atoms with van der Waals surface area (Å²) in [5.74, 6) is 0. The monoisotopic (exact) mass is 407 g/mol. The van der Waals surface area contributed by atoms with E-state index in [0.717, 1.165) is 15.2 Å². The predicted molar refractivity (Wildman–Crippen MR) is 110 cm³/mol. The third kappa shape index (κ3) is 3.44. The van der Waals surface area contributed by atoms with Gasteiger partial charge in [0, 0.05) is 35.6 Å². The Balaban J connectivity index is 0.00000121. The van der Waals surface area contributed by atoms with Gasteiger partial charge in [0.15, 0.2) is 0 Å². The maximum atomic E-state index is 13.0. The molecule has 2 aromatic carbocycles. The van der Waals surface area contributed by atoms with Gasteiger partial charge in [-0.05, 0) is 30.3 Å². The minimum absolute atomic E-state index is 0. The molecule has 3 aromatic rings. The zero-order valence-electron chi connectivity index (χ0n) is 13.4. The number of hydrogen-bond donors (Lipinski definition) is 0. The highest BCUT2D eigenvalue weighted by Gasteiger charge is 2.23. The number of allylic oxidation sites excluding steroid dienone is 1. The van der Waals surface area contributed by atoms with Gasteiger partial charge < -0.3 is 0 Å². The van der Waals surface area contributed by atoms with E-state index in [2.05, 4.69) is 9.98 Å². The first-order chi connectivity index (χ1) is 11.7. The molecule has 134 valence electrons. The second-order valence-electron chi connectivity index (χ2n) is 5.28. The minimum Gasteiger partial charge on any atom is -0.263 e. The lowest BCUT2D eigenvalue weighted by Crippen LogP contribution is -2.20. The summed E-state index contributed by atoms with van der Waals surface area (Å²) in [6.45, 7) is 0. The van der Waals surface area contributed by atoms with Gasteiger partial charge in [-0.3, -0.25) is 4.99 Å². The number of para-hydroxylation sites is 1. The first-order valence-electron chi connectivity index (χ1n) is 7.35. The van der Waals surface area contributed by atoms with Crippen molar-refractivity contribution >= 4 is 62.9 Å². The van der Waals surface area contributed by atoms with Crippen LogP contribution in [0, 0.1) is 0 Å². The Bertz CT molecular complexity index is 1130. The summed E-state index contributed by atoms with van der Waals surface area (Å²) < 4.78 is 27.2. The molecule has 8 heteroatoms. The highest BCUT2D eigenvalue weighted by Crippen LogP contribution is 2.28. The van der Waals surface area contributed by atoms with E-state index in [1.54, 1.807) is 18.2 Å². The van der Waals surface area contributed by atoms with Gasteiger partial charge in [0.1, 0.15) is 0 Å². The lowest BCUT2D eigenvalue weighted by Gasteiger charge is -2.16. The summed E-state index contributed by atoms with van der Waals surface area (Å²) in [5, 5.41) is 1.50. The fourth-order valence-corrected chi connectivity index (χ4v) is 4.01. The van der Waals surface area contributed by atoms with Gasteiger partial charge >= 0.3 is 0 Å². The van der Waals surface area contributed by atoms with E-state index in [1.165, 1.54) is 24.8 Å². The molecule has 2 heterocycles. The van der Waals surface area contributed by atoms with E-state index in [1.807, 2.05) is 36.4 Å². The topological polar surface area (TPSA) is 62.6 Å². The number of fused-ring (bicyclic) bond motifs is 2. The average molecular weight is 408 g/mol. The molecule has 4 rings (SSSR count). The maximum Gasteiger partial charge on any atom is 0.268 e. The van der Waals surface area contributed by atoms with Crippen molar-refractivity contribution in [1.29, 1.82) is 0 Å². The maximum absolute atomic E-state index is 13.0. The molecule has 0 radical (unpaired) electrons. The van der Waals surface area contributed by atoms with E-state index in [9.17, 15) is 8.42 Å². The fraction of sp³-hybridized carbons (Fsp3) is 0. The van der Waals surface area contributed by atoms with E-state index in [0.29, 0.717) is 10.9 Å². The SMILES string of the molecule is Cl.Cl.O=S(=O)(c1cccc2nc3ccccc3cc12)N1C=CC=NC=C1. The zero-order valence-corrected chi connectivity index (χ0v) is 15.8. The number of nitrogens with zero attached hydrogens (tertiary/aromatic N) is 3. The molecule has 5 nitrogen and oxygen atoms in total. The first-order valence-corrected chi connectivity index (χ1v) is 8.79. The molecule has 0 fully saturated rings. The summed E-state index contributed by atoms with van der Waals surface area (Å²) in [7, 11) is -3.74. The van der Waals surface area contributed by atoms with Gasteiger partial charge in [-0.15, -0.1) is 24.8 Å². The second-order valence-corrected chi connectivity index (χ2v) is 7.09. The molecular formula is C18H15Cl2N3O2S. The van der Waals surface area contributed by atoms with Crippen molar-refractivity contribution in [2.24, 2.45) is 4.99 Å². The first kappa shape index (κ1) is 19.9. The largest absolute Gasteiger partial charge is 0.268 e. The normalized spacial score (nSPS) is 13.3. The highest BCUT2D eigenvalue weighted by atomic mass is 35.5. The molecule has 0 saturated carbocycles. The molecule has 0 amide bonds. The lowest BCUT2D eigenvalue weighted by atomic mass is 10.1. The van der Waals surface area contributed by atoms with Gasteiger partial charge in [0.05, 0.1) is 15.9 Å². The number of hydrogen-bond acceptors (Lipinski definition) is 4. The Morgan fingerprint density at radius 1 is 0.885 bits per heavy atom. The molecule has 1 aliphatic rings. The van der Waals surface area contributed by atoms with Crippen LogP contribution >= 0.6 is 24.8 Å². The van der Waals surface area contributed by atoms with Gasteiger partial charge in [0.2, 0.25) is 0 Å². The number of sulfonamides is 1. The van der Waals surface area contributed by atoms with Gasteiger partial charge in [-0.2, -0.15) is 0 Å². The van der Waals surface area contributed by atoms with Crippen LogP contribution in [0.3, 0.4) is 0 Å². The standard InChI is InChI=1S/C18H13N3O2S.2ClH/c22-24(23,21-11-4-9-19-10-12-21)18-8-3-7-17-15(18)13-14-5-1-2-6-16(14)20-17;;/h1-13H;2*1H. The van der Waals surface area contributed by atoms with Crippen LogP contribution < -0.4 is 0 Å². The highest BCUT2D eigenvalue weighted by molar-refractivity contribution is 7.89. The molecule has 0 saturated heterocycles. The zero-order chi connectivity index (χ0) is 16.6. The second kappa shape index (κ2) is 7.86. The average Bonchev–Trinajstić information content (AvgIpc) is 2.89. The molecule has 0 N–H and O–H groups in total. The summed E-state index contributed by atoms with van der Waals surface area (Å²) in [4.78, 5) is 8.71. The van der Waals surface area contributed by atoms with Crippen molar-refractivity contribution < 1.29 is 8.42 Å². The number of aromatic nitrogens is 1. The number of halogens is 2. The van der Waals surface area contributed by atoms with Crippen LogP contribution in [0.25, 0.3) is 21.8 Å². The minimum atomic E-state index is -3.74. The van der Waals surface area contributed by atoms with Crippen LogP contribution in [0.5, 0.6) is 0 Å². The number of aliphatic imine (C=N–C) groups is 1. The Morgan fingerprint density at radius 3 is 2.50 bits per heavy atom. The van der Waals surface area contributed by atoms with Gasteiger partial charge in [0.25, 0.3) is 10.0 Å². The fourth-order valence-electron chi connectivity index (χ4n) is 2.65. The van der Waals surface area contributed by atoms with Crippen molar-refractivity contribution in [3.63, 3.8) is 0 Å². The Hall–Kier alpha value is -2.41. The summed E-state index contributed by atoms with van der Waals surface area (Å²) in [6, 6.07) is 14.6. The molecule has 0 bridgehead atoms. The molecular weight excluding hydrogens is 393 g/mol. The molecule has 26 heavy (non-hydrogen) atoms. The molecule has 1 aromatic heterocycles. The van der Waals surface area contributed by atoms with E-state index in [4.69, 9.17) is 0 Å². The molecule has 0 spiro atoms. The van der Waals surface area contributed by atoms with Crippen LogP contribution in [0.4, 0.5) is 0 Å². The quantitative estimate of drug-likeness (QED) is 0.595. The third-order valence-electron chi connectivity index (χ3n) is 3.78. The number of pyridine rings is 1. The van der Waals surface area contributed by atoms with Crippen LogP contribution in [-0.2, 0) is 10.0 Å². The number of benzene rings is 2. The molecule has 1 aliphatic heterocycles. The smallest absolute Gasteiger partial charge is 0.263 e. The summed E-state index contributed by atoms with van der Waals surface area (Å²) in [6.07, 6.45) is 7.44. The van der Waals surface area contributed by atoms with E-state index >= 15 is 0 Å². The van der Waals surface area contributed by atoms with Gasteiger partial charge in [-0.1, -0.05) is 24.3 Å². The van der Waals surface area contributed by atoms with Crippen LogP contribution in [0.2, 0.25) is 0 Å². The Labute approximate surface area is 163 Å². The Kier molecular flexibility index (Phi) is 6.02. The van der Waals surface area contributed by atoms with Crippen molar-refractivity contribution in [3.05, 3.63) is 73.2 Å². The third-order valence-corrected chi connectivity index (χ3v) is 5.49. The van der Waals surface area contributed by atoms with E-state index < -0.39 is 10.0 Å². The number of rotatable bonds is 2. The summed E-state index contributed by atoms with van der Waals surface area (Å²) in [5.41, 5.74) is 1.48. The van der Waals surface area contributed by atoms with Crippen molar-refractivity contribution in [1.82, 2.24) is 9.29 Å². The predicted octanol–water partition coefficient (Wildman–Crippen LogP) is 4.29. The van der Waals surface area contributed by atoms with Gasteiger partial charge in [-0.25, -0.2) is 17.7 Å². The molecule has 0 atom stereocenters. The Morgan fingerprint density at radius 2 is 1.65 bits per heavy atom. The summed E-state index contributed by atoms with van der Waals surface area (Å²) >= 11 is 0.